The van der Waals surface area contributed by atoms with Crippen molar-refractivity contribution in [3.8, 4) is 5.75 Å². The van der Waals surface area contributed by atoms with Crippen molar-refractivity contribution in [3.05, 3.63) is 64.2 Å². The molecule has 5 nitrogen and oxygen atoms in total. The third kappa shape index (κ3) is 6.28. The summed E-state index contributed by atoms with van der Waals surface area (Å²) in [6, 6.07) is 13.2. The number of aliphatic carboxylic acids is 1. The van der Waals surface area contributed by atoms with Crippen LogP contribution in [0.25, 0.3) is 0 Å². The van der Waals surface area contributed by atoms with E-state index in [0.29, 0.717) is 5.92 Å². The Morgan fingerprint density at radius 3 is 2.30 bits per heavy atom. The average molecular weight is 471 g/mol. The molecule has 6 heteroatoms. The van der Waals surface area contributed by atoms with Crippen LogP contribution in [-0.2, 0) is 4.79 Å². The first-order chi connectivity index (χ1) is 15.9. The molecule has 0 radical (unpaired) electrons. The highest BCUT2D eigenvalue weighted by molar-refractivity contribution is 6.30. The summed E-state index contributed by atoms with van der Waals surface area (Å²) in [7, 11) is 0. The zero-order valence-electron chi connectivity index (χ0n) is 19.7. The third-order valence-electron chi connectivity index (χ3n) is 7.12. The second-order valence-electron chi connectivity index (χ2n) is 9.66. The average Bonchev–Trinajstić information content (AvgIpc) is 2.79. The number of piperidine rings is 2. The number of rotatable bonds is 7. The Labute approximate surface area is 202 Å². The molecule has 178 valence electrons. The Morgan fingerprint density at radius 2 is 1.70 bits per heavy atom. The second kappa shape index (κ2) is 10.9. The number of halogens is 1. The molecule has 4 rings (SSSR count). The van der Waals surface area contributed by atoms with Crippen molar-refractivity contribution in [1.82, 2.24) is 9.80 Å². The van der Waals surface area contributed by atoms with Gasteiger partial charge in [0.05, 0.1) is 0 Å². The minimum atomic E-state index is -0.754. The molecule has 0 bridgehead atoms. The molecular weight excluding hydrogens is 436 g/mol. The summed E-state index contributed by atoms with van der Waals surface area (Å²) in [6.45, 7) is 8.95. The number of nitrogens with zero attached hydrogens (tertiary/aromatic N) is 2. The lowest BCUT2D eigenvalue weighted by molar-refractivity contribution is -0.144. The molecule has 2 aliphatic heterocycles. The Hall–Kier alpha value is -2.08. The van der Waals surface area contributed by atoms with Gasteiger partial charge in [0.15, 0.2) is 0 Å². The van der Waals surface area contributed by atoms with Gasteiger partial charge in [0.25, 0.3) is 0 Å². The highest BCUT2D eigenvalue weighted by Gasteiger charge is 2.32. The van der Waals surface area contributed by atoms with Gasteiger partial charge >= 0.3 is 5.97 Å². The van der Waals surface area contributed by atoms with E-state index < -0.39 is 12.0 Å². The Balaban J connectivity index is 1.23. The van der Waals surface area contributed by atoms with Crippen LogP contribution in [0.2, 0.25) is 5.02 Å². The van der Waals surface area contributed by atoms with Gasteiger partial charge in [-0.15, -0.1) is 0 Å². The van der Waals surface area contributed by atoms with E-state index in [2.05, 4.69) is 9.80 Å². The van der Waals surface area contributed by atoms with Gasteiger partial charge in [0, 0.05) is 24.7 Å². The Kier molecular flexibility index (Phi) is 7.94. The highest BCUT2D eigenvalue weighted by atomic mass is 35.5. The van der Waals surface area contributed by atoms with Gasteiger partial charge in [-0.3, -0.25) is 9.69 Å². The van der Waals surface area contributed by atoms with Gasteiger partial charge in [0.2, 0.25) is 0 Å². The predicted octanol–water partition coefficient (Wildman–Crippen LogP) is 5.34. The smallest absolute Gasteiger partial charge is 0.325 e. The molecule has 33 heavy (non-hydrogen) atoms. The van der Waals surface area contributed by atoms with Gasteiger partial charge in [0.1, 0.15) is 17.9 Å². The summed E-state index contributed by atoms with van der Waals surface area (Å²) >= 11 is 6.06. The van der Waals surface area contributed by atoms with E-state index in [0.717, 1.165) is 85.9 Å². The van der Waals surface area contributed by atoms with Crippen LogP contribution >= 0.6 is 11.6 Å². The van der Waals surface area contributed by atoms with Crippen LogP contribution in [0.4, 0.5) is 0 Å². The maximum atomic E-state index is 12.0. The molecule has 2 aromatic carbocycles. The van der Waals surface area contributed by atoms with E-state index >= 15 is 0 Å². The number of carboxylic acid groups (broad SMARTS) is 1. The van der Waals surface area contributed by atoms with Gasteiger partial charge < -0.3 is 14.7 Å². The van der Waals surface area contributed by atoms with Gasteiger partial charge in [-0.05, 0) is 87.9 Å². The lowest BCUT2D eigenvalue weighted by Gasteiger charge is -2.39. The van der Waals surface area contributed by atoms with E-state index in [1.165, 1.54) is 0 Å². The Bertz CT molecular complexity index is 933. The fraction of sp³-hybridized carbons (Fsp3) is 0.519. The zero-order chi connectivity index (χ0) is 23.4. The summed E-state index contributed by atoms with van der Waals surface area (Å²) < 4.78 is 6.24. The number of aryl methyl sites for hydroxylation is 2. The van der Waals surface area contributed by atoms with Crippen LogP contribution in [0, 0.1) is 19.8 Å². The molecule has 0 aromatic heterocycles. The quantitative estimate of drug-likeness (QED) is 0.592. The van der Waals surface area contributed by atoms with Crippen LogP contribution in [0.15, 0.2) is 42.5 Å². The summed E-state index contributed by atoms with van der Waals surface area (Å²) in [5.74, 6) is 0.812. The van der Waals surface area contributed by atoms with Crippen molar-refractivity contribution in [2.75, 3.05) is 32.7 Å². The molecular formula is C27H35ClN2O3. The van der Waals surface area contributed by atoms with Crippen LogP contribution in [0.5, 0.6) is 5.75 Å². The monoisotopic (exact) mass is 470 g/mol. The van der Waals surface area contributed by atoms with Crippen LogP contribution in [0.1, 0.15) is 48.4 Å². The van der Waals surface area contributed by atoms with E-state index in [1.54, 1.807) is 0 Å². The molecule has 0 amide bonds. The summed E-state index contributed by atoms with van der Waals surface area (Å²) in [4.78, 5) is 16.7. The minimum Gasteiger partial charge on any atom is -0.490 e. The number of hydrogen-bond acceptors (Lipinski definition) is 4. The molecule has 1 unspecified atom stereocenters. The van der Waals surface area contributed by atoms with Gasteiger partial charge in [-0.25, -0.2) is 0 Å². The molecule has 0 aliphatic carbocycles. The molecule has 2 aromatic rings. The van der Waals surface area contributed by atoms with Crippen molar-refractivity contribution in [2.24, 2.45) is 5.92 Å². The van der Waals surface area contributed by atoms with E-state index in [-0.39, 0.29) is 6.10 Å². The molecule has 2 heterocycles. The van der Waals surface area contributed by atoms with Gasteiger partial charge in [-0.1, -0.05) is 41.4 Å². The predicted molar refractivity (Wildman–Crippen MR) is 132 cm³/mol. The molecule has 0 spiro atoms. The fourth-order valence-electron chi connectivity index (χ4n) is 5.15. The van der Waals surface area contributed by atoms with Crippen molar-refractivity contribution in [1.29, 1.82) is 0 Å². The molecule has 1 N–H and O–H groups in total. The molecule has 1 atom stereocenters. The zero-order valence-corrected chi connectivity index (χ0v) is 20.4. The number of carboxylic acids is 1. The first-order valence-electron chi connectivity index (χ1n) is 12.1. The van der Waals surface area contributed by atoms with Crippen molar-refractivity contribution >= 4 is 17.6 Å². The normalized spacial score (nSPS) is 20.0. The standard InChI is InChI=1S/C27H35ClN2O3/c1-19-3-5-22(6-4-19)26(27(31)32)30-15-9-21(10-16-30)18-29-13-11-24(12-14-29)33-25-8-7-23(28)17-20(25)2/h3-8,17,21,24,26H,9-16,18H2,1-2H3,(H,31,32). The lowest BCUT2D eigenvalue weighted by atomic mass is 9.92. The summed E-state index contributed by atoms with van der Waals surface area (Å²) in [5.41, 5.74) is 3.12. The first kappa shape index (κ1) is 24.1. The van der Waals surface area contributed by atoms with E-state index in [9.17, 15) is 9.90 Å². The maximum Gasteiger partial charge on any atom is 0.325 e. The maximum absolute atomic E-state index is 12.0. The number of carbonyl (C=O) groups is 1. The minimum absolute atomic E-state index is 0.258. The number of likely N-dealkylation sites (tertiary alicyclic amines) is 2. The largest absolute Gasteiger partial charge is 0.490 e. The molecule has 0 saturated carbocycles. The van der Waals surface area contributed by atoms with E-state index in [1.807, 2.05) is 56.3 Å². The second-order valence-corrected chi connectivity index (χ2v) is 10.1. The third-order valence-corrected chi connectivity index (χ3v) is 7.36. The van der Waals surface area contributed by atoms with Crippen molar-refractivity contribution in [3.63, 3.8) is 0 Å². The summed E-state index contributed by atoms with van der Waals surface area (Å²) in [6.07, 6.45) is 4.44. The fourth-order valence-corrected chi connectivity index (χ4v) is 5.38. The topological polar surface area (TPSA) is 53.0 Å². The van der Waals surface area contributed by atoms with E-state index in [4.69, 9.17) is 16.3 Å². The van der Waals surface area contributed by atoms with Crippen molar-refractivity contribution < 1.29 is 14.6 Å². The van der Waals surface area contributed by atoms with Crippen LogP contribution < -0.4 is 4.74 Å². The SMILES string of the molecule is Cc1ccc(C(C(=O)O)N2CCC(CN3CCC(Oc4ccc(Cl)cc4C)CC3)CC2)cc1. The van der Waals surface area contributed by atoms with Gasteiger partial charge in [-0.2, -0.15) is 0 Å². The van der Waals surface area contributed by atoms with Crippen LogP contribution in [-0.4, -0.2) is 59.7 Å². The number of hydrogen-bond donors (Lipinski definition) is 1. The van der Waals surface area contributed by atoms with Crippen molar-refractivity contribution in [2.45, 2.75) is 51.7 Å². The molecule has 2 fully saturated rings. The highest BCUT2D eigenvalue weighted by Crippen LogP contribution is 2.29. The molecule has 2 saturated heterocycles. The lowest BCUT2D eigenvalue weighted by Crippen LogP contribution is -2.45. The molecule has 2 aliphatic rings. The number of benzene rings is 2. The first-order valence-corrected chi connectivity index (χ1v) is 12.5. The summed E-state index contributed by atoms with van der Waals surface area (Å²) in [5, 5.41) is 10.6. The van der Waals surface area contributed by atoms with Crippen LogP contribution in [0.3, 0.4) is 0 Å². The Morgan fingerprint density at radius 1 is 1.03 bits per heavy atom. The number of ether oxygens (including phenoxy) is 1.